The van der Waals surface area contributed by atoms with E-state index in [0.717, 1.165) is 5.56 Å². The molecule has 0 unspecified atom stereocenters. The molecule has 0 amide bonds. The molecule has 3 rings (SSSR count). The van der Waals surface area contributed by atoms with Gasteiger partial charge in [-0.2, -0.15) is 0 Å². The number of fused-ring (bicyclic) bond motifs is 1. The molecule has 0 radical (unpaired) electrons. The normalized spacial score (nSPS) is 11.7. The van der Waals surface area contributed by atoms with E-state index < -0.39 is 0 Å². The number of hydrogen-bond acceptors (Lipinski definition) is 4. The van der Waals surface area contributed by atoms with Crippen LogP contribution in [-0.4, -0.2) is 21.1 Å². The predicted molar refractivity (Wildman–Crippen MR) is 101 cm³/mol. The number of nitrogens with zero attached hydrogens (tertiary/aromatic N) is 3. The summed E-state index contributed by atoms with van der Waals surface area (Å²) in [5.74, 6) is 0.597. The minimum absolute atomic E-state index is 0.125. The van der Waals surface area contributed by atoms with Crippen LogP contribution in [0.4, 0.5) is 0 Å². The lowest BCUT2D eigenvalue weighted by Crippen LogP contribution is -2.34. The molecular formula is C18H18N4OS. The largest absolute Gasteiger partial charge is 0.280 e. The summed E-state index contributed by atoms with van der Waals surface area (Å²) in [6.07, 6.45) is 1.92. The summed E-state index contributed by atoms with van der Waals surface area (Å²) in [5, 5.41) is 1.25. The first kappa shape index (κ1) is 16.3. The van der Waals surface area contributed by atoms with Crippen molar-refractivity contribution in [3.05, 3.63) is 76.3 Å². The van der Waals surface area contributed by atoms with Gasteiger partial charge in [0.2, 0.25) is 0 Å². The van der Waals surface area contributed by atoms with Gasteiger partial charge in [-0.3, -0.25) is 15.2 Å². The van der Waals surface area contributed by atoms with Gasteiger partial charge in [0.05, 0.1) is 17.4 Å². The second kappa shape index (κ2) is 7.31. The lowest BCUT2D eigenvalue weighted by molar-refractivity contribution is 0.836. The smallest absolute Gasteiger partial charge is 0.268 e. The van der Waals surface area contributed by atoms with E-state index in [-0.39, 0.29) is 5.56 Å². The van der Waals surface area contributed by atoms with Gasteiger partial charge in [0.25, 0.3) is 5.56 Å². The SMILES string of the molecule is CSC(=NCc1ccccc1)Nn1c(C)nc2ccccc2c1=O. The van der Waals surface area contributed by atoms with E-state index in [1.165, 1.54) is 16.4 Å². The molecule has 0 aliphatic carbocycles. The van der Waals surface area contributed by atoms with Crippen LogP contribution in [0.3, 0.4) is 0 Å². The molecule has 1 N–H and O–H groups in total. The standard InChI is InChI=1S/C18H18N4OS/c1-13-20-16-11-7-6-10-15(16)17(23)22(13)21-18(24-2)19-12-14-8-4-3-5-9-14/h3-11H,12H2,1-2H3,(H,19,21). The number of aryl methyl sites for hydroxylation is 1. The molecule has 24 heavy (non-hydrogen) atoms. The van der Waals surface area contributed by atoms with Gasteiger partial charge in [0, 0.05) is 0 Å². The molecular weight excluding hydrogens is 320 g/mol. The molecule has 6 heteroatoms. The topological polar surface area (TPSA) is 59.3 Å². The van der Waals surface area contributed by atoms with Crippen LogP contribution in [0.5, 0.6) is 0 Å². The van der Waals surface area contributed by atoms with Crippen molar-refractivity contribution in [2.75, 3.05) is 11.7 Å². The minimum atomic E-state index is -0.125. The maximum absolute atomic E-state index is 12.7. The zero-order valence-electron chi connectivity index (χ0n) is 13.6. The highest BCUT2D eigenvalue weighted by atomic mass is 32.2. The predicted octanol–water partition coefficient (Wildman–Crippen LogP) is 3.17. The summed E-state index contributed by atoms with van der Waals surface area (Å²) in [6, 6.07) is 17.3. The number of aromatic nitrogens is 2. The number of thioether (sulfide) groups is 1. The van der Waals surface area contributed by atoms with Crippen LogP contribution in [0.2, 0.25) is 0 Å². The van der Waals surface area contributed by atoms with Gasteiger partial charge < -0.3 is 0 Å². The number of hydrogen-bond donors (Lipinski definition) is 1. The molecule has 0 saturated carbocycles. The Hall–Kier alpha value is -2.60. The minimum Gasteiger partial charge on any atom is -0.268 e. The van der Waals surface area contributed by atoms with E-state index in [1.807, 2.05) is 54.8 Å². The molecule has 5 nitrogen and oxygen atoms in total. The fourth-order valence-corrected chi connectivity index (χ4v) is 2.74. The van der Waals surface area contributed by atoms with Crippen LogP contribution in [0.15, 0.2) is 64.4 Å². The molecule has 0 bridgehead atoms. The van der Waals surface area contributed by atoms with Crippen molar-refractivity contribution < 1.29 is 0 Å². The third kappa shape index (κ3) is 3.49. The van der Waals surface area contributed by atoms with Gasteiger partial charge in [-0.1, -0.05) is 54.2 Å². The molecule has 3 aromatic rings. The van der Waals surface area contributed by atoms with Crippen molar-refractivity contribution in [3.8, 4) is 0 Å². The fourth-order valence-electron chi connectivity index (χ4n) is 2.36. The summed E-state index contributed by atoms with van der Waals surface area (Å²) < 4.78 is 1.45. The Bertz CT molecular complexity index is 935. The number of aliphatic imine (C=N–C) groups is 1. The van der Waals surface area contributed by atoms with Gasteiger partial charge in [0.15, 0.2) is 5.17 Å². The number of rotatable bonds is 3. The molecule has 0 aliphatic rings. The van der Waals surface area contributed by atoms with E-state index in [0.29, 0.717) is 28.4 Å². The molecule has 0 saturated heterocycles. The lowest BCUT2D eigenvalue weighted by atomic mass is 10.2. The monoisotopic (exact) mass is 338 g/mol. The van der Waals surface area contributed by atoms with Crippen LogP contribution in [0.25, 0.3) is 10.9 Å². The van der Waals surface area contributed by atoms with E-state index in [2.05, 4.69) is 15.4 Å². The van der Waals surface area contributed by atoms with Crippen LogP contribution in [0, 0.1) is 6.92 Å². The highest BCUT2D eigenvalue weighted by Crippen LogP contribution is 2.08. The average molecular weight is 338 g/mol. The Balaban J connectivity index is 1.91. The average Bonchev–Trinajstić information content (AvgIpc) is 2.62. The molecule has 2 aromatic carbocycles. The Labute approximate surface area is 144 Å². The Morgan fingerprint density at radius 3 is 2.62 bits per heavy atom. The molecule has 0 fully saturated rings. The Morgan fingerprint density at radius 1 is 1.17 bits per heavy atom. The maximum Gasteiger partial charge on any atom is 0.280 e. The van der Waals surface area contributed by atoms with E-state index in [4.69, 9.17) is 0 Å². The molecule has 1 heterocycles. The van der Waals surface area contributed by atoms with E-state index >= 15 is 0 Å². The molecule has 122 valence electrons. The van der Waals surface area contributed by atoms with E-state index in [1.54, 1.807) is 13.0 Å². The third-order valence-corrected chi connectivity index (χ3v) is 4.20. The highest BCUT2D eigenvalue weighted by molar-refractivity contribution is 8.13. The summed E-state index contributed by atoms with van der Waals surface area (Å²) in [4.78, 5) is 21.7. The Kier molecular flexibility index (Phi) is 4.96. The summed E-state index contributed by atoms with van der Waals surface area (Å²) in [6.45, 7) is 2.36. The van der Waals surface area contributed by atoms with Crippen molar-refractivity contribution in [1.29, 1.82) is 0 Å². The molecule has 0 atom stereocenters. The lowest BCUT2D eigenvalue weighted by Gasteiger charge is -2.13. The van der Waals surface area contributed by atoms with Gasteiger partial charge >= 0.3 is 0 Å². The van der Waals surface area contributed by atoms with Gasteiger partial charge in [-0.15, -0.1) is 0 Å². The number of amidine groups is 1. The molecule has 0 aliphatic heterocycles. The number of nitrogens with one attached hydrogen (secondary N) is 1. The number of para-hydroxylation sites is 1. The van der Waals surface area contributed by atoms with Crippen molar-refractivity contribution in [2.24, 2.45) is 4.99 Å². The second-order valence-electron chi connectivity index (χ2n) is 5.24. The zero-order chi connectivity index (χ0) is 16.9. The van der Waals surface area contributed by atoms with Gasteiger partial charge in [-0.25, -0.2) is 9.66 Å². The van der Waals surface area contributed by atoms with E-state index in [9.17, 15) is 4.79 Å². The molecule has 0 spiro atoms. The van der Waals surface area contributed by atoms with Crippen LogP contribution < -0.4 is 11.0 Å². The fraction of sp³-hybridized carbons (Fsp3) is 0.167. The first-order valence-electron chi connectivity index (χ1n) is 7.57. The number of benzene rings is 2. The quantitative estimate of drug-likeness (QED) is 0.589. The summed E-state index contributed by atoms with van der Waals surface area (Å²) >= 11 is 1.46. The van der Waals surface area contributed by atoms with Crippen molar-refractivity contribution in [3.63, 3.8) is 0 Å². The van der Waals surface area contributed by atoms with Crippen LogP contribution in [-0.2, 0) is 6.54 Å². The Morgan fingerprint density at radius 2 is 1.88 bits per heavy atom. The zero-order valence-corrected chi connectivity index (χ0v) is 14.4. The van der Waals surface area contributed by atoms with Crippen molar-refractivity contribution >= 4 is 27.8 Å². The molecule has 1 aromatic heterocycles. The first-order valence-corrected chi connectivity index (χ1v) is 8.79. The van der Waals surface area contributed by atoms with Crippen molar-refractivity contribution in [1.82, 2.24) is 9.66 Å². The summed E-state index contributed by atoms with van der Waals surface area (Å²) in [5.41, 5.74) is 4.77. The summed E-state index contributed by atoms with van der Waals surface area (Å²) in [7, 11) is 0. The van der Waals surface area contributed by atoms with Crippen LogP contribution >= 0.6 is 11.8 Å². The van der Waals surface area contributed by atoms with Crippen LogP contribution in [0.1, 0.15) is 11.4 Å². The van der Waals surface area contributed by atoms with Gasteiger partial charge in [-0.05, 0) is 30.9 Å². The second-order valence-corrected chi connectivity index (χ2v) is 6.03. The van der Waals surface area contributed by atoms with Gasteiger partial charge in [0.1, 0.15) is 5.82 Å². The highest BCUT2D eigenvalue weighted by Gasteiger charge is 2.09. The van der Waals surface area contributed by atoms with Crippen molar-refractivity contribution in [2.45, 2.75) is 13.5 Å². The first-order chi connectivity index (χ1) is 11.7. The maximum atomic E-state index is 12.7. The third-order valence-electron chi connectivity index (χ3n) is 3.59.